The summed E-state index contributed by atoms with van der Waals surface area (Å²) in [6, 6.07) is 5.88. The van der Waals surface area contributed by atoms with E-state index in [1.54, 1.807) is 18.9 Å². The van der Waals surface area contributed by atoms with Gasteiger partial charge in [0.05, 0.1) is 4.92 Å². The molecule has 0 N–H and O–H groups in total. The Bertz CT molecular complexity index is 933. The first-order chi connectivity index (χ1) is 13.4. The first-order valence-electron chi connectivity index (χ1n) is 9.02. The predicted octanol–water partition coefficient (Wildman–Crippen LogP) is 1.32. The third-order valence-electron chi connectivity index (χ3n) is 5.19. The zero-order valence-electron chi connectivity index (χ0n) is 15.8. The summed E-state index contributed by atoms with van der Waals surface area (Å²) < 4.78 is 12.1. The van der Waals surface area contributed by atoms with Crippen molar-refractivity contribution in [2.24, 2.45) is 7.05 Å². The summed E-state index contributed by atoms with van der Waals surface area (Å²) in [6.07, 6.45) is 0. The fraction of sp³-hybridized carbons (Fsp3) is 0.444. The number of aryl methyl sites for hydroxylation is 1. The number of fused-ring (bicyclic) bond motifs is 1. The van der Waals surface area contributed by atoms with Crippen molar-refractivity contribution in [3.05, 3.63) is 45.3 Å². The number of nitrogens with zero attached hydrogens (tertiary/aromatic N) is 5. The van der Waals surface area contributed by atoms with E-state index in [1.807, 2.05) is 18.2 Å². The largest absolute Gasteiger partial charge is 0.454 e. The SMILES string of the molecule is Cc1c([N+](=O)[O-])c(C(=O)N2CCN(Cc3ccc4c(c3)OCO4)CC2)nn1C. The lowest BCUT2D eigenvalue weighted by Gasteiger charge is -2.34. The average Bonchev–Trinajstić information content (AvgIpc) is 3.26. The van der Waals surface area contributed by atoms with Crippen LogP contribution in [0.4, 0.5) is 5.69 Å². The van der Waals surface area contributed by atoms with Crippen LogP contribution in [-0.4, -0.2) is 63.4 Å². The zero-order valence-corrected chi connectivity index (χ0v) is 15.8. The molecule has 1 fully saturated rings. The molecule has 1 saturated heterocycles. The Labute approximate surface area is 161 Å². The van der Waals surface area contributed by atoms with Gasteiger partial charge in [-0.05, 0) is 24.6 Å². The van der Waals surface area contributed by atoms with Crippen LogP contribution < -0.4 is 9.47 Å². The van der Waals surface area contributed by atoms with E-state index in [9.17, 15) is 14.9 Å². The molecule has 0 radical (unpaired) electrons. The van der Waals surface area contributed by atoms with E-state index in [2.05, 4.69) is 10.00 Å². The Balaban J connectivity index is 1.40. The minimum Gasteiger partial charge on any atom is -0.454 e. The van der Waals surface area contributed by atoms with Crippen LogP contribution in [0.3, 0.4) is 0 Å². The van der Waals surface area contributed by atoms with E-state index in [1.165, 1.54) is 4.68 Å². The molecule has 1 amide bonds. The number of aromatic nitrogens is 2. The number of ether oxygens (including phenoxy) is 2. The smallest absolute Gasteiger partial charge is 0.322 e. The second kappa shape index (κ2) is 7.12. The van der Waals surface area contributed by atoms with Crippen molar-refractivity contribution in [1.82, 2.24) is 19.6 Å². The van der Waals surface area contributed by atoms with Crippen LogP contribution in [0.15, 0.2) is 18.2 Å². The van der Waals surface area contributed by atoms with Crippen molar-refractivity contribution in [3.8, 4) is 11.5 Å². The van der Waals surface area contributed by atoms with Gasteiger partial charge < -0.3 is 14.4 Å². The number of benzene rings is 1. The molecule has 1 aromatic heterocycles. The standard InChI is InChI=1S/C18H21N5O5/c1-12-17(23(25)26)16(19-20(12)2)18(24)22-7-5-21(6-8-22)10-13-3-4-14-15(9-13)28-11-27-14/h3-4,9H,5-8,10-11H2,1-2H3. The van der Waals surface area contributed by atoms with E-state index in [0.29, 0.717) is 31.9 Å². The highest BCUT2D eigenvalue weighted by Gasteiger charge is 2.33. The quantitative estimate of drug-likeness (QED) is 0.576. The van der Waals surface area contributed by atoms with Gasteiger partial charge in [0, 0.05) is 39.8 Å². The van der Waals surface area contributed by atoms with Gasteiger partial charge in [-0.15, -0.1) is 0 Å². The normalized spacial score (nSPS) is 16.4. The van der Waals surface area contributed by atoms with Crippen molar-refractivity contribution >= 4 is 11.6 Å². The first kappa shape index (κ1) is 18.2. The lowest BCUT2D eigenvalue weighted by Crippen LogP contribution is -2.48. The minimum absolute atomic E-state index is 0.0887. The number of rotatable bonds is 4. The van der Waals surface area contributed by atoms with Crippen molar-refractivity contribution < 1.29 is 19.2 Å². The lowest BCUT2D eigenvalue weighted by atomic mass is 10.1. The Hall–Kier alpha value is -3.14. The van der Waals surface area contributed by atoms with Crippen LogP contribution in [0, 0.1) is 17.0 Å². The minimum atomic E-state index is -0.536. The molecule has 10 heteroatoms. The maximum atomic E-state index is 12.8. The molecule has 10 nitrogen and oxygen atoms in total. The highest BCUT2D eigenvalue weighted by atomic mass is 16.7. The van der Waals surface area contributed by atoms with E-state index in [-0.39, 0.29) is 18.2 Å². The Morgan fingerprint density at radius 3 is 2.64 bits per heavy atom. The number of amides is 1. The van der Waals surface area contributed by atoms with Gasteiger partial charge in [0.15, 0.2) is 11.5 Å². The number of piperazine rings is 1. The first-order valence-corrected chi connectivity index (χ1v) is 9.02. The summed E-state index contributed by atoms with van der Waals surface area (Å²) in [4.78, 5) is 27.4. The van der Waals surface area contributed by atoms with Crippen LogP contribution >= 0.6 is 0 Å². The van der Waals surface area contributed by atoms with Gasteiger partial charge in [0.1, 0.15) is 5.69 Å². The average molecular weight is 387 g/mol. The second-order valence-corrected chi connectivity index (χ2v) is 6.92. The molecular formula is C18H21N5O5. The van der Waals surface area contributed by atoms with Gasteiger partial charge in [0.25, 0.3) is 5.91 Å². The zero-order chi connectivity index (χ0) is 19.8. The monoisotopic (exact) mass is 387 g/mol. The summed E-state index contributed by atoms with van der Waals surface area (Å²) in [5.41, 5.74) is 1.18. The lowest BCUT2D eigenvalue weighted by molar-refractivity contribution is -0.385. The van der Waals surface area contributed by atoms with Crippen molar-refractivity contribution in [2.45, 2.75) is 13.5 Å². The Kier molecular flexibility index (Phi) is 4.63. The van der Waals surface area contributed by atoms with Crippen molar-refractivity contribution in [3.63, 3.8) is 0 Å². The number of hydrogen-bond donors (Lipinski definition) is 0. The fourth-order valence-corrected chi connectivity index (χ4v) is 3.52. The molecule has 3 heterocycles. The molecule has 0 atom stereocenters. The molecular weight excluding hydrogens is 366 g/mol. The van der Waals surface area contributed by atoms with Crippen LogP contribution in [0.25, 0.3) is 0 Å². The van der Waals surface area contributed by atoms with E-state index >= 15 is 0 Å². The van der Waals surface area contributed by atoms with E-state index in [4.69, 9.17) is 9.47 Å². The molecule has 0 unspecified atom stereocenters. The molecule has 2 aromatic rings. The molecule has 0 saturated carbocycles. The topological polar surface area (TPSA) is 103 Å². The third kappa shape index (κ3) is 3.26. The van der Waals surface area contributed by atoms with Crippen LogP contribution in [0.5, 0.6) is 11.5 Å². The van der Waals surface area contributed by atoms with Gasteiger partial charge in [-0.3, -0.25) is 24.5 Å². The van der Waals surface area contributed by atoms with Gasteiger partial charge in [-0.25, -0.2) is 0 Å². The molecule has 0 spiro atoms. The Morgan fingerprint density at radius 1 is 1.21 bits per heavy atom. The van der Waals surface area contributed by atoms with Crippen molar-refractivity contribution in [2.75, 3.05) is 33.0 Å². The van der Waals surface area contributed by atoms with E-state index in [0.717, 1.165) is 23.6 Å². The number of nitro groups is 1. The summed E-state index contributed by atoms with van der Waals surface area (Å²) in [5, 5.41) is 15.4. The molecule has 0 bridgehead atoms. The maximum absolute atomic E-state index is 12.8. The second-order valence-electron chi connectivity index (χ2n) is 6.92. The van der Waals surface area contributed by atoms with Gasteiger partial charge >= 0.3 is 5.69 Å². The summed E-state index contributed by atoms with van der Waals surface area (Å²) in [6.45, 7) is 4.93. The van der Waals surface area contributed by atoms with Crippen LogP contribution in [0.2, 0.25) is 0 Å². The number of hydrogen-bond acceptors (Lipinski definition) is 7. The molecule has 0 aliphatic carbocycles. The van der Waals surface area contributed by atoms with E-state index < -0.39 is 10.8 Å². The van der Waals surface area contributed by atoms with Gasteiger partial charge in [-0.2, -0.15) is 5.10 Å². The number of carbonyl (C=O) groups is 1. The molecule has 4 rings (SSSR count). The molecule has 2 aliphatic heterocycles. The highest BCUT2D eigenvalue weighted by molar-refractivity contribution is 5.96. The maximum Gasteiger partial charge on any atom is 0.322 e. The Morgan fingerprint density at radius 2 is 1.93 bits per heavy atom. The van der Waals surface area contributed by atoms with Crippen LogP contribution in [0.1, 0.15) is 21.7 Å². The summed E-state index contributed by atoms with van der Waals surface area (Å²) >= 11 is 0. The molecule has 1 aromatic carbocycles. The number of carbonyl (C=O) groups excluding carboxylic acids is 1. The molecule has 2 aliphatic rings. The highest BCUT2D eigenvalue weighted by Crippen LogP contribution is 2.33. The predicted molar refractivity (Wildman–Crippen MR) is 98.3 cm³/mol. The molecule has 148 valence electrons. The van der Waals surface area contributed by atoms with Gasteiger partial charge in [0.2, 0.25) is 12.5 Å². The summed E-state index contributed by atoms with van der Waals surface area (Å²) in [5.74, 6) is 1.12. The van der Waals surface area contributed by atoms with Crippen LogP contribution in [-0.2, 0) is 13.6 Å². The third-order valence-corrected chi connectivity index (χ3v) is 5.19. The van der Waals surface area contributed by atoms with Crippen molar-refractivity contribution in [1.29, 1.82) is 0 Å². The fourth-order valence-electron chi connectivity index (χ4n) is 3.52. The summed E-state index contributed by atoms with van der Waals surface area (Å²) in [7, 11) is 1.60. The molecule has 28 heavy (non-hydrogen) atoms. The van der Waals surface area contributed by atoms with Gasteiger partial charge in [-0.1, -0.05) is 6.07 Å².